The van der Waals surface area contributed by atoms with Crippen LogP contribution in [-0.2, 0) is 11.2 Å². The Bertz CT molecular complexity index is 1180. The lowest BCUT2D eigenvalue weighted by atomic mass is 9.76. The molecule has 4 heterocycles. The SMILES string of the molecule is Cc1ncc(CCN2CCCC(N(C)C)C2)cc1NC1=NC23N=CN=C(Cl)C2=CCC(=O)C3CC=C1. The number of likely N-dealkylation sites (N-methyl/N-ethyl adjacent to an activating group) is 1. The number of ketones is 1. The number of anilines is 1. The van der Waals surface area contributed by atoms with Gasteiger partial charge in [-0.3, -0.25) is 9.78 Å². The fraction of sp³-hybridized carbons (Fsp3) is 0.519. The topological polar surface area (TPSA) is 85.6 Å². The zero-order chi connectivity index (χ0) is 25.3. The third kappa shape index (κ3) is 4.94. The van der Waals surface area contributed by atoms with Crippen molar-refractivity contribution in [1.29, 1.82) is 0 Å². The van der Waals surface area contributed by atoms with Crippen LogP contribution in [0.3, 0.4) is 0 Å². The van der Waals surface area contributed by atoms with Crippen LogP contribution in [0.25, 0.3) is 0 Å². The number of halogens is 1. The van der Waals surface area contributed by atoms with Gasteiger partial charge >= 0.3 is 0 Å². The van der Waals surface area contributed by atoms with Crippen molar-refractivity contribution in [1.82, 2.24) is 14.8 Å². The first-order valence-electron chi connectivity index (χ1n) is 12.7. The number of piperidine rings is 1. The van der Waals surface area contributed by atoms with E-state index in [1.807, 2.05) is 31.3 Å². The van der Waals surface area contributed by atoms with Crippen molar-refractivity contribution in [3.63, 3.8) is 0 Å². The summed E-state index contributed by atoms with van der Waals surface area (Å²) in [5, 5.41) is 3.81. The van der Waals surface area contributed by atoms with Crippen LogP contribution in [0.15, 0.2) is 51.0 Å². The van der Waals surface area contributed by atoms with Crippen LogP contribution in [0, 0.1) is 12.8 Å². The first kappa shape index (κ1) is 25.0. The molecule has 1 aromatic heterocycles. The highest BCUT2D eigenvalue weighted by molar-refractivity contribution is 6.70. The molecule has 190 valence electrons. The van der Waals surface area contributed by atoms with Gasteiger partial charge in [-0.25, -0.2) is 15.0 Å². The van der Waals surface area contributed by atoms with Crippen LogP contribution in [0.2, 0.25) is 0 Å². The minimum Gasteiger partial charge on any atom is -0.339 e. The molecule has 36 heavy (non-hydrogen) atoms. The van der Waals surface area contributed by atoms with Crippen LogP contribution >= 0.6 is 11.6 Å². The molecule has 0 amide bonds. The monoisotopic (exact) mass is 507 g/mol. The van der Waals surface area contributed by atoms with Crippen LogP contribution in [0.4, 0.5) is 5.69 Å². The number of carbonyl (C=O) groups is 1. The lowest BCUT2D eigenvalue weighted by molar-refractivity contribution is -0.123. The smallest absolute Gasteiger partial charge is 0.192 e. The van der Waals surface area contributed by atoms with Crippen molar-refractivity contribution in [2.24, 2.45) is 20.9 Å². The molecule has 3 aliphatic heterocycles. The fourth-order valence-electron chi connectivity index (χ4n) is 5.53. The van der Waals surface area contributed by atoms with Crippen molar-refractivity contribution < 1.29 is 4.79 Å². The number of hydrogen-bond donors (Lipinski definition) is 1. The summed E-state index contributed by atoms with van der Waals surface area (Å²) in [4.78, 5) is 36.1. The third-order valence-corrected chi connectivity index (χ3v) is 8.00. The molecule has 3 atom stereocenters. The number of aliphatic imine (C=N–C) groups is 3. The number of amidine groups is 1. The first-order chi connectivity index (χ1) is 17.4. The molecular weight excluding hydrogens is 474 g/mol. The summed E-state index contributed by atoms with van der Waals surface area (Å²) in [6.45, 7) is 5.27. The van der Waals surface area contributed by atoms with Gasteiger partial charge in [0.25, 0.3) is 0 Å². The number of rotatable bonds is 5. The number of carbonyl (C=O) groups excluding carboxylic acids is 1. The van der Waals surface area contributed by atoms with Gasteiger partial charge in [-0.15, -0.1) is 0 Å². The normalized spacial score (nSPS) is 28.1. The predicted molar refractivity (Wildman–Crippen MR) is 146 cm³/mol. The summed E-state index contributed by atoms with van der Waals surface area (Å²) in [6.07, 6.45) is 13.5. The molecule has 1 spiro atoms. The van der Waals surface area contributed by atoms with E-state index >= 15 is 0 Å². The largest absolute Gasteiger partial charge is 0.339 e. The highest BCUT2D eigenvalue weighted by Gasteiger charge is 2.50. The van der Waals surface area contributed by atoms with E-state index in [9.17, 15) is 4.79 Å². The second-order valence-electron chi connectivity index (χ2n) is 10.3. The number of aryl methyl sites for hydroxylation is 1. The molecule has 8 nitrogen and oxygen atoms in total. The number of Topliss-reactive ketones (excluding diaryl/α,β-unsaturated/α-hetero) is 1. The Kier molecular flexibility index (Phi) is 7.19. The van der Waals surface area contributed by atoms with Gasteiger partial charge in [0.15, 0.2) is 5.66 Å². The molecule has 1 aromatic rings. The quantitative estimate of drug-likeness (QED) is 0.658. The Labute approximate surface area is 217 Å². The van der Waals surface area contributed by atoms with Gasteiger partial charge in [0.1, 0.15) is 23.1 Å². The average molecular weight is 508 g/mol. The van der Waals surface area contributed by atoms with E-state index in [0.717, 1.165) is 37.4 Å². The highest BCUT2D eigenvalue weighted by Crippen LogP contribution is 2.43. The summed E-state index contributed by atoms with van der Waals surface area (Å²) in [5.41, 5.74) is 2.61. The van der Waals surface area contributed by atoms with Crippen LogP contribution in [-0.4, -0.2) is 83.3 Å². The highest BCUT2D eigenvalue weighted by atomic mass is 35.5. The van der Waals surface area contributed by atoms with Gasteiger partial charge in [-0.1, -0.05) is 23.8 Å². The Balaban J connectivity index is 1.35. The molecular formula is C27H34ClN7O. The molecule has 3 unspecified atom stereocenters. The maximum atomic E-state index is 12.8. The summed E-state index contributed by atoms with van der Waals surface area (Å²) in [7, 11) is 4.34. The molecule has 1 saturated heterocycles. The Hall–Kier alpha value is -2.68. The standard InChI is InChI=1S/C27H34ClN7O/c1-18-23(14-19(15-29-18)11-13-35-12-5-6-20(16-35)34(2)3)32-25-8-4-7-21-24(36)10-9-22-26(28)30-17-31-27(21,22)33-25/h4,8-9,14-15,17,20-21H,5-7,10-13,16H2,1-3H3,(H,32,33). The molecule has 1 fully saturated rings. The summed E-state index contributed by atoms with van der Waals surface area (Å²) < 4.78 is 0. The Morgan fingerprint density at radius 2 is 2.19 bits per heavy atom. The Morgan fingerprint density at radius 3 is 3.03 bits per heavy atom. The molecule has 0 bridgehead atoms. The van der Waals surface area contributed by atoms with E-state index in [1.165, 1.54) is 24.7 Å². The third-order valence-electron chi connectivity index (χ3n) is 7.70. The number of nitrogens with zero attached hydrogens (tertiary/aromatic N) is 6. The molecule has 1 N–H and O–H groups in total. The minimum atomic E-state index is -1.07. The molecule has 0 radical (unpaired) electrons. The van der Waals surface area contributed by atoms with Crippen LogP contribution < -0.4 is 5.32 Å². The molecule has 9 heteroatoms. The van der Waals surface area contributed by atoms with Gasteiger partial charge in [-0.05, 0) is 71.0 Å². The van der Waals surface area contributed by atoms with Gasteiger partial charge in [0.05, 0.1) is 17.3 Å². The second-order valence-corrected chi connectivity index (χ2v) is 10.6. The van der Waals surface area contributed by atoms with Crippen LogP contribution in [0.5, 0.6) is 0 Å². The summed E-state index contributed by atoms with van der Waals surface area (Å²) in [5.74, 6) is 0.356. The number of likely N-dealkylation sites (tertiary alicyclic amines) is 1. The van der Waals surface area contributed by atoms with E-state index in [2.05, 4.69) is 50.2 Å². The molecule has 0 saturated carbocycles. The minimum absolute atomic E-state index is 0.117. The zero-order valence-corrected chi connectivity index (χ0v) is 22.0. The van der Waals surface area contributed by atoms with Crippen molar-refractivity contribution in [2.45, 2.75) is 50.7 Å². The number of pyridine rings is 1. The summed E-state index contributed by atoms with van der Waals surface area (Å²) >= 11 is 6.44. The molecule has 4 aliphatic rings. The van der Waals surface area contributed by atoms with Gasteiger partial charge in [-0.2, -0.15) is 0 Å². The van der Waals surface area contributed by atoms with E-state index in [4.69, 9.17) is 16.6 Å². The average Bonchev–Trinajstić information content (AvgIpc) is 3.04. The van der Waals surface area contributed by atoms with Gasteiger partial charge in [0, 0.05) is 37.3 Å². The maximum Gasteiger partial charge on any atom is 0.192 e. The molecule has 1 aliphatic carbocycles. The Morgan fingerprint density at radius 1 is 1.33 bits per heavy atom. The molecule has 5 rings (SSSR count). The first-order valence-corrected chi connectivity index (χ1v) is 13.1. The molecule has 0 aromatic carbocycles. The fourth-order valence-corrected chi connectivity index (χ4v) is 5.79. The van der Waals surface area contributed by atoms with E-state index < -0.39 is 11.6 Å². The number of aromatic nitrogens is 1. The van der Waals surface area contributed by atoms with E-state index in [1.54, 1.807) is 0 Å². The lowest BCUT2D eigenvalue weighted by Gasteiger charge is -2.38. The number of hydrogen-bond acceptors (Lipinski definition) is 8. The second kappa shape index (κ2) is 10.4. The van der Waals surface area contributed by atoms with Crippen molar-refractivity contribution in [2.75, 3.05) is 39.0 Å². The van der Waals surface area contributed by atoms with Crippen molar-refractivity contribution in [3.05, 3.63) is 47.3 Å². The van der Waals surface area contributed by atoms with Crippen molar-refractivity contribution in [3.8, 4) is 0 Å². The summed E-state index contributed by atoms with van der Waals surface area (Å²) in [6, 6.07) is 2.79. The number of allylic oxidation sites excluding steroid dienone is 2. The predicted octanol–water partition coefficient (Wildman–Crippen LogP) is 3.62. The van der Waals surface area contributed by atoms with Gasteiger partial charge in [0.2, 0.25) is 0 Å². The van der Waals surface area contributed by atoms with Gasteiger partial charge < -0.3 is 15.1 Å². The lowest BCUT2D eigenvalue weighted by Crippen LogP contribution is -2.46. The van der Waals surface area contributed by atoms with Crippen molar-refractivity contribution >= 4 is 40.4 Å². The van der Waals surface area contributed by atoms with E-state index in [-0.39, 0.29) is 5.78 Å². The van der Waals surface area contributed by atoms with E-state index in [0.29, 0.717) is 35.5 Å². The van der Waals surface area contributed by atoms with Crippen LogP contribution in [0.1, 0.15) is 36.9 Å². The zero-order valence-electron chi connectivity index (χ0n) is 21.2. The maximum absolute atomic E-state index is 12.8. The number of nitrogens with one attached hydrogen (secondary N) is 1.